The molecule has 0 bridgehead atoms. The van der Waals surface area contributed by atoms with Crippen LogP contribution in [0.5, 0.6) is 0 Å². The Hall–Kier alpha value is -1.80. The van der Waals surface area contributed by atoms with Gasteiger partial charge in [0, 0.05) is 17.3 Å². The van der Waals surface area contributed by atoms with Crippen LogP contribution < -0.4 is 4.90 Å². The lowest BCUT2D eigenvalue weighted by atomic mass is 9.91. The zero-order chi connectivity index (χ0) is 16.4. The molecule has 0 saturated carbocycles. The molecule has 23 heavy (non-hydrogen) atoms. The second-order valence-corrected chi connectivity index (χ2v) is 7.56. The number of anilines is 1. The van der Waals surface area contributed by atoms with Crippen LogP contribution in [-0.4, -0.2) is 17.1 Å². The molecule has 1 fully saturated rings. The molecule has 120 valence electrons. The molecule has 2 aliphatic rings. The first-order valence-electron chi connectivity index (χ1n) is 8.66. The van der Waals surface area contributed by atoms with Gasteiger partial charge in [0.05, 0.1) is 12.2 Å². The summed E-state index contributed by atoms with van der Waals surface area (Å²) in [7, 11) is 0. The van der Waals surface area contributed by atoms with E-state index in [4.69, 9.17) is 0 Å². The van der Waals surface area contributed by atoms with Crippen LogP contribution in [0, 0.1) is 6.92 Å². The molecule has 2 heterocycles. The van der Waals surface area contributed by atoms with Crippen molar-refractivity contribution in [3.8, 4) is 0 Å². The van der Waals surface area contributed by atoms with Gasteiger partial charge in [-0.15, -0.1) is 0 Å². The van der Waals surface area contributed by atoms with E-state index in [0.29, 0.717) is 18.2 Å². The van der Waals surface area contributed by atoms with Crippen LogP contribution in [0.15, 0.2) is 48.5 Å². The fraction of sp³-hybridized carbons (Fsp3) is 0.429. The Bertz CT molecular complexity index is 749. The van der Waals surface area contributed by atoms with Crippen LogP contribution in [0.2, 0.25) is 0 Å². The van der Waals surface area contributed by atoms with Gasteiger partial charge < -0.3 is 4.90 Å². The standard InChI is InChI=1S/C21H26N2/c1-14-10-6-9-13-19(14)22-15(2)20-17-11-7-8-12-18(17)21(4,5)23(20)16(22)3/h6-13,15-16,20H,1-5H3/t15-,16?,20?/m0/s1. The van der Waals surface area contributed by atoms with E-state index < -0.39 is 0 Å². The van der Waals surface area contributed by atoms with Crippen LogP contribution in [0.25, 0.3) is 0 Å². The molecule has 2 aromatic carbocycles. The van der Waals surface area contributed by atoms with Crippen molar-refractivity contribution in [3.63, 3.8) is 0 Å². The molecule has 2 aliphatic heterocycles. The number of hydrogen-bond acceptors (Lipinski definition) is 2. The molecule has 0 spiro atoms. The number of fused-ring (bicyclic) bond motifs is 3. The summed E-state index contributed by atoms with van der Waals surface area (Å²) in [6.45, 7) is 11.7. The van der Waals surface area contributed by atoms with Crippen molar-refractivity contribution in [3.05, 3.63) is 65.2 Å². The number of rotatable bonds is 1. The van der Waals surface area contributed by atoms with E-state index in [1.54, 1.807) is 0 Å². The molecule has 0 N–H and O–H groups in total. The van der Waals surface area contributed by atoms with Crippen molar-refractivity contribution in [2.45, 2.75) is 58.4 Å². The minimum atomic E-state index is 0.0758. The Balaban J connectivity index is 1.85. The maximum Gasteiger partial charge on any atom is 0.0808 e. The van der Waals surface area contributed by atoms with E-state index in [1.165, 1.54) is 22.4 Å². The van der Waals surface area contributed by atoms with Crippen LogP contribution in [-0.2, 0) is 5.54 Å². The minimum Gasteiger partial charge on any atom is -0.351 e. The number of aryl methyl sites for hydroxylation is 1. The molecule has 2 heteroatoms. The highest BCUT2D eigenvalue weighted by Gasteiger charge is 2.55. The van der Waals surface area contributed by atoms with Gasteiger partial charge in [0.15, 0.2) is 0 Å². The summed E-state index contributed by atoms with van der Waals surface area (Å²) in [5.74, 6) is 0. The number of para-hydroxylation sites is 1. The topological polar surface area (TPSA) is 6.48 Å². The summed E-state index contributed by atoms with van der Waals surface area (Å²) in [6, 6.07) is 18.7. The normalized spacial score (nSPS) is 28.7. The van der Waals surface area contributed by atoms with Gasteiger partial charge in [0.25, 0.3) is 0 Å². The first-order valence-corrected chi connectivity index (χ1v) is 8.66. The molecule has 4 rings (SSSR count). The lowest BCUT2D eigenvalue weighted by Crippen LogP contribution is -2.45. The fourth-order valence-corrected chi connectivity index (χ4v) is 5.04. The molecule has 2 aromatic rings. The highest BCUT2D eigenvalue weighted by Crippen LogP contribution is 2.54. The highest BCUT2D eigenvalue weighted by molar-refractivity contribution is 5.58. The van der Waals surface area contributed by atoms with Crippen molar-refractivity contribution in [1.29, 1.82) is 0 Å². The maximum atomic E-state index is 2.70. The molecular weight excluding hydrogens is 280 g/mol. The summed E-state index contributed by atoms with van der Waals surface area (Å²) in [4.78, 5) is 5.31. The highest BCUT2D eigenvalue weighted by atomic mass is 15.5. The van der Waals surface area contributed by atoms with Crippen LogP contribution >= 0.6 is 0 Å². The lowest BCUT2D eigenvalue weighted by molar-refractivity contribution is 0.0920. The summed E-state index contributed by atoms with van der Waals surface area (Å²) in [6.07, 6.45) is 0.388. The predicted molar refractivity (Wildman–Crippen MR) is 96.6 cm³/mol. The molecule has 0 aliphatic carbocycles. The summed E-state index contributed by atoms with van der Waals surface area (Å²) >= 11 is 0. The monoisotopic (exact) mass is 306 g/mol. The Morgan fingerprint density at radius 1 is 0.913 bits per heavy atom. The maximum absolute atomic E-state index is 2.70. The minimum absolute atomic E-state index is 0.0758. The SMILES string of the molecule is Cc1ccccc1N1C(C)N2C(c3ccccc3C2(C)C)[C@@H]1C. The van der Waals surface area contributed by atoms with Gasteiger partial charge in [-0.2, -0.15) is 0 Å². The predicted octanol–water partition coefficient (Wildman–Crippen LogP) is 4.84. The third kappa shape index (κ3) is 1.85. The molecule has 0 amide bonds. The van der Waals surface area contributed by atoms with Gasteiger partial charge in [-0.1, -0.05) is 42.5 Å². The van der Waals surface area contributed by atoms with E-state index in [1.807, 2.05) is 0 Å². The van der Waals surface area contributed by atoms with Crippen LogP contribution in [0.4, 0.5) is 5.69 Å². The smallest absolute Gasteiger partial charge is 0.0808 e. The molecule has 1 saturated heterocycles. The van der Waals surface area contributed by atoms with E-state index in [0.717, 1.165) is 0 Å². The van der Waals surface area contributed by atoms with Gasteiger partial charge >= 0.3 is 0 Å². The number of benzene rings is 2. The third-order valence-electron chi connectivity index (χ3n) is 5.98. The average Bonchev–Trinajstić information content (AvgIpc) is 2.93. The molecule has 3 atom stereocenters. The van der Waals surface area contributed by atoms with Crippen molar-refractivity contribution >= 4 is 5.69 Å². The third-order valence-corrected chi connectivity index (χ3v) is 5.98. The van der Waals surface area contributed by atoms with Gasteiger partial charge in [0.1, 0.15) is 0 Å². The second kappa shape index (κ2) is 4.85. The summed E-state index contributed by atoms with van der Waals surface area (Å²) < 4.78 is 0. The van der Waals surface area contributed by atoms with Gasteiger partial charge in [-0.05, 0) is 57.4 Å². The Morgan fingerprint density at radius 2 is 1.57 bits per heavy atom. The van der Waals surface area contributed by atoms with Crippen molar-refractivity contribution in [2.75, 3.05) is 4.90 Å². The van der Waals surface area contributed by atoms with Crippen LogP contribution in [0.3, 0.4) is 0 Å². The zero-order valence-corrected chi connectivity index (χ0v) is 14.7. The summed E-state index contributed by atoms with van der Waals surface area (Å²) in [5.41, 5.74) is 5.81. The quantitative estimate of drug-likeness (QED) is 0.743. The Kier molecular flexibility index (Phi) is 3.11. The van der Waals surface area contributed by atoms with E-state index in [2.05, 4.69) is 92.9 Å². The largest absolute Gasteiger partial charge is 0.351 e. The first-order chi connectivity index (χ1) is 10.9. The second-order valence-electron chi connectivity index (χ2n) is 7.56. The molecule has 0 radical (unpaired) electrons. The van der Waals surface area contributed by atoms with E-state index in [9.17, 15) is 0 Å². The fourth-order valence-electron chi connectivity index (χ4n) is 5.04. The van der Waals surface area contributed by atoms with Crippen molar-refractivity contribution in [2.24, 2.45) is 0 Å². The number of nitrogens with zero attached hydrogens (tertiary/aromatic N) is 2. The molecule has 0 aromatic heterocycles. The number of hydrogen-bond donors (Lipinski definition) is 0. The molecule has 2 unspecified atom stereocenters. The van der Waals surface area contributed by atoms with Crippen molar-refractivity contribution < 1.29 is 0 Å². The summed E-state index contributed by atoms with van der Waals surface area (Å²) in [5, 5.41) is 0. The van der Waals surface area contributed by atoms with Gasteiger partial charge in [-0.25, -0.2) is 0 Å². The Labute approximate surface area is 139 Å². The zero-order valence-electron chi connectivity index (χ0n) is 14.7. The Morgan fingerprint density at radius 3 is 2.30 bits per heavy atom. The lowest BCUT2D eigenvalue weighted by Gasteiger charge is -2.38. The molecule has 2 nitrogen and oxygen atoms in total. The van der Waals surface area contributed by atoms with Gasteiger partial charge in [-0.3, -0.25) is 4.90 Å². The van der Waals surface area contributed by atoms with Crippen molar-refractivity contribution in [1.82, 2.24) is 4.90 Å². The van der Waals surface area contributed by atoms with E-state index in [-0.39, 0.29) is 5.54 Å². The molecular formula is C21H26N2. The average molecular weight is 306 g/mol. The van der Waals surface area contributed by atoms with Crippen LogP contribution in [0.1, 0.15) is 50.4 Å². The van der Waals surface area contributed by atoms with E-state index >= 15 is 0 Å². The first kappa shape index (κ1) is 14.8. The van der Waals surface area contributed by atoms with Gasteiger partial charge in [0.2, 0.25) is 0 Å².